The first-order valence-electron chi connectivity index (χ1n) is 9.18. The van der Waals surface area contributed by atoms with Gasteiger partial charge in [0.05, 0.1) is 12.1 Å². The van der Waals surface area contributed by atoms with Crippen molar-refractivity contribution < 1.29 is 9.53 Å². The number of aromatic nitrogens is 1. The van der Waals surface area contributed by atoms with Gasteiger partial charge in [0, 0.05) is 26.0 Å². The van der Waals surface area contributed by atoms with E-state index in [-0.39, 0.29) is 18.2 Å². The Hall–Kier alpha value is -2.56. The van der Waals surface area contributed by atoms with Crippen LogP contribution in [0.4, 0.5) is 4.79 Å². The molecule has 0 spiro atoms. The summed E-state index contributed by atoms with van der Waals surface area (Å²) in [6.07, 6.45) is 5.25. The maximum Gasteiger partial charge on any atom is 0.317 e. The number of rotatable bonds is 8. The third-order valence-corrected chi connectivity index (χ3v) is 4.25. The first-order valence-corrected chi connectivity index (χ1v) is 9.18. The number of hydrogen-bond acceptors (Lipinski definition) is 3. The summed E-state index contributed by atoms with van der Waals surface area (Å²) in [4.78, 5) is 18.4. The summed E-state index contributed by atoms with van der Waals surface area (Å²) >= 11 is 0. The van der Waals surface area contributed by atoms with E-state index in [0.29, 0.717) is 6.54 Å². The van der Waals surface area contributed by atoms with Crippen molar-refractivity contribution in [2.45, 2.75) is 45.8 Å². The number of pyridine rings is 1. The second kappa shape index (κ2) is 9.80. The lowest BCUT2D eigenvalue weighted by Crippen LogP contribution is -2.40. The zero-order chi connectivity index (χ0) is 18.9. The quantitative estimate of drug-likeness (QED) is 0.772. The van der Waals surface area contributed by atoms with Crippen LogP contribution in [-0.4, -0.2) is 35.6 Å². The van der Waals surface area contributed by atoms with Gasteiger partial charge in [-0.3, -0.25) is 4.98 Å². The molecule has 5 heteroatoms. The summed E-state index contributed by atoms with van der Waals surface area (Å²) in [6, 6.07) is 11.8. The second-order valence-corrected chi connectivity index (χ2v) is 6.58. The first-order chi connectivity index (χ1) is 12.5. The Balaban J connectivity index is 1.92. The lowest BCUT2D eigenvalue weighted by atomic mass is 10.1. The monoisotopic (exact) mass is 355 g/mol. The zero-order valence-electron chi connectivity index (χ0n) is 16.1. The van der Waals surface area contributed by atoms with Crippen molar-refractivity contribution >= 4 is 6.03 Å². The smallest absolute Gasteiger partial charge is 0.317 e. The van der Waals surface area contributed by atoms with Crippen molar-refractivity contribution in [2.24, 2.45) is 0 Å². The number of carbonyl (C=O) groups is 1. The topological polar surface area (TPSA) is 54.5 Å². The summed E-state index contributed by atoms with van der Waals surface area (Å²) in [5.74, 6) is 0.881. The van der Waals surface area contributed by atoms with Gasteiger partial charge in [0.1, 0.15) is 5.75 Å². The molecular weight excluding hydrogens is 326 g/mol. The molecule has 1 unspecified atom stereocenters. The van der Waals surface area contributed by atoms with Crippen LogP contribution >= 0.6 is 0 Å². The molecule has 1 aromatic heterocycles. The van der Waals surface area contributed by atoms with Gasteiger partial charge in [-0.15, -0.1) is 0 Å². The van der Waals surface area contributed by atoms with E-state index in [4.69, 9.17) is 4.74 Å². The van der Waals surface area contributed by atoms with Crippen LogP contribution in [0.3, 0.4) is 0 Å². The van der Waals surface area contributed by atoms with E-state index >= 15 is 0 Å². The molecule has 0 radical (unpaired) electrons. The van der Waals surface area contributed by atoms with Crippen LogP contribution in [0.5, 0.6) is 5.75 Å². The molecule has 0 aliphatic rings. The van der Waals surface area contributed by atoms with E-state index < -0.39 is 0 Å². The van der Waals surface area contributed by atoms with Gasteiger partial charge in [-0.05, 0) is 49.9 Å². The van der Waals surface area contributed by atoms with E-state index in [2.05, 4.69) is 17.2 Å². The number of para-hydroxylation sites is 1. The van der Waals surface area contributed by atoms with Crippen LogP contribution < -0.4 is 10.1 Å². The van der Waals surface area contributed by atoms with Crippen molar-refractivity contribution in [2.75, 3.05) is 13.6 Å². The Morgan fingerprint density at radius 3 is 2.65 bits per heavy atom. The minimum Gasteiger partial charge on any atom is -0.491 e. The molecule has 2 amide bonds. The molecule has 0 saturated heterocycles. The molecule has 2 rings (SSSR count). The molecule has 1 heterocycles. The molecule has 0 aliphatic heterocycles. The molecule has 1 aromatic carbocycles. The molecule has 0 saturated carbocycles. The summed E-state index contributed by atoms with van der Waals surface area (Å²) in [6.45, 7) is 6.65. The maximum atomic E-state index is 12.5. The standard InChI is InChI=1S/C21H29N3O2/c1-5-19(18-10-8-13-22-15-18)24(4)21(25)23-14-12-17-9-6-7-11-20(17)26-16(2)3/h6-11,13,15-16,19H,5,12,14H2,1-4H3,(H,23,25). The van der Waals surface area contributed by atoms with E-state index in [9.17, 15) is 4.79 Å². The zero-order valence-corrected chi connectivity index (χ0v) is 16.1. The van der Waals surface area contributed by atoms with Crippen LogP contribution in [0.25, 0.3) is 0 Å². The Bertz CT molecular complexity index is 689. The van der Waals surface area contributed by atoms with Gasteiger partial charge in [0.2, 0.25) is 0 Å². The highest BCUT2D eigenvalue weighted by molar-refractivity contribution is 5.74. The van der Waals surface area contributed by atoms with E-state index in [1.54, 1.807) is 11.1 Å². The van der Waals surface area contributed by atoms with Crippen molar-refractivity contribution in [1.82, 2.24) is 15.2 Å². The van der Waals surface area contributed by atoms with Crippen LogP contribution in [0, 0.1) is 0 Å². The molecule has 0 aliphatic carbocycles. The normalized spacial score (nSPS) is 11.9. The SMILES string of the molecule is CCC(c1cccnc1)N(C)C(=O)NCCc1ccccc1OC(C)C. The maximum absolute atomic E-state index is 12.5. The minimum absolute atomic E-state index is 0.0141. The van der Waals surface area contributed by atoms with Gasteiger partial charge >= 0.3 is 6.03 Å². The Morgan fingerprint density at radius 1 is 1.23 bits per heavy atom. The summed E-state index contributed by atoms with van der Waals surface area (Å²) in [7, 11) is 1.83. The first kappa shape index (κ1) is 19.8. The van der Waals surface area contributed by atoms with E-state index in [1.165, 1.54) is 0 Å². The fraction of sp³-hybridized carbons (Fsp3) is 0.429. The lowest BCUT2D eigenvalue weighted by Gasteiger charge is -2.27. The molecule has 0 fully saturated rings. The number of amides is 2. The van der Waals surface area contributed by atoms with Crippen LogP contribution in [0.15, 0.2) is 48.8 Å². The molecule has 0 bridgehead atoms. The van der Waals surface area contributed by atoms with Gasteiger partial charge in [-0.25, -0.2) is 4.79 Å². The molecule has 140 valence electrons. The van der Waals surface area contributed by atoms with Gasteiger partial charge in [-0.1, -0.05) is 31.2 Å². The highest BCUT2D eigenvalue weighted by Gasteiger charge is 2.20. The second-order valence-electron chi connectivity index (χ2n) is 6.58. The largest absolute Gasteiger partial charge is 0.491 e. The minimum atomic E-state index is -0.0806. The van der Waals surface area contributed by atoms with Gasteiger partial charge in [-0.2, -0.15) is 0 Å². The summed E-state index contributed by atoms with van der Waals surface area (Å²) in [5, 5.41) is 3.01. The van der Waals surface area contributed by atoms with E-state index in [1.807, 2.05) is 63.5 Å². The van der Waals surface area contributed by atoms with Gasteiger partial charge in [0.25, 0.3) is 0 Å². The fourth-order valence-corrected chi connectivity index (χ4v) is 2.96. The molecule has 5 nitrogen and oxygen atoms in total. The third-order valence-electron chi connectivity index (χ3n) is 4.25. The summed E-state index contributed by atoms with van der Waals surface area (Å²) in [5.41, 5.74) is 2.15. The Kier molecular flexibility index (Phi) is 7.45. The number of nitrogens with zero attached hydrogens (tertiary/aromatic N) is 2. The van der Waals surface area contributed by atoms with Crippen molar-refractivity contribution in [1.29, 1.82) is 0 Å². The number of ether oxygens (including phenoxy) is 1. The highest BCUT2D eigenvalue weighted by Crippen LogP contribution is 2.22. The van der Waals surface area contributed by atoms with Crippen LogP contribution in [0.2, 0.25) is 0 Å². The molecule has 2 aromatic rings. The van der Waals surface area contributed by atoms with Crippen molar-refractivity contribution in [3.05, 3.63) is 59.9 Å². The Morgan fingerprint density at radius 2 is 2.00 bits per heavy atom. The predicted molar refractivity (Wildman–Crippen MR) is 104 cm³/mol. The van der Waals surface area contributed by atoms with Crippen LogP contribution in [-0.2, 0) is 6.42 Å². The van der Waals surface area contributed by atoms with Crippen molar-refractivity contribution in [3.8, 4) is 5.75 Å². The number of nitrogens with one attached hydrogen (secondary N) is 1. The number of benzene rings is 1. The average Bonchev–Trinajstić information content (AvgIpc) is 2.64. The summed E-state index contributed by atoms with van der Waals surface area (Å²) < 4.78 is 5.83. The molecule has 1 atom stereocenters. The number of carbonyl (C=O) groups excluding carboxylic acids is 1. The Labute approximate surface area is 156 Å². The fourth-order valence-electron chi connectivity index (χ4n) is 2.96. The molecule has 26 heavy (non-hydrogen) atoms. The predicted octanol–water partition coefficient (Wildman–Crippen LogP) is 4.20. The number of hydrogen-bond donors (Lipinski definition) is 1. The van der Waals surface area contributed by atoms with Crippen LogP contribution in [0.1, 0.15) is 44.4 Å². The van der Waals surface area contributed by atoms with Gasteiger partial charge in [0.15, 0.2) is 0 Å². The van der Waals surface area contributed by atoms with Gasteiger partial charge < -0.3 is 15.0 Å². The lowest BCUT2D eigenvalue weighted by molar-refractivity contribution is 0.188. The van der Waals surface area contributed by atoms with Crippen molar-refractivity contribution in [3.63, 3.8) is 0 Å². The highest BCUT2D eigenvalue weighted by atomic mass is 16.5. The average molecular weight is 355 g/mol. The molecular formula is C21H29N3O2. The van der Waals surface area contributed by atoms with E-state index in [0.717, 1.165) is 29.7 Å². The number of urea groups is 1. The molecule has 1 N–H and O–H groups in total. The third kappa shape index (κ3) is 5.48.